The van der Waals surface area contributed by atoms with Gasteiger partial charge in [-0.1, -0.05) is 0 Å². The molecule has 0 aromatic heterocycles. The van der Waals surface area contributed by atoms with E-state index in [1.807, 2.05) is 4.90 Å². The SMILES string of the molecule is CC(=O)OC(COCCC(F)(F)CC(F)(F)C(F)(F)CCC(F)F)CN1CCOCC1. The van der Waals surface area contributed by atoms with Crippen molar-refractivity contribution >= 4 is 5.97 Å². The summed E-state index contributed by atoms with van der Waals surface area (Å²) in [6, 6.07) is 0. The highest BCUT2D eigenvalue weighted by atomic mass is 19.3. The summed E-state index contributed by atoms with van der Waals surface area (Å²) in [7, 11) is 0. The molecule has 0 amide bonds. The molecule has 1 saturated heterocycles. The maximum absolute atomic E-state index is 13.8. The summed E-state index contributed by atoms with van der Waals surface area (Å²) in [5.41, 5.74) is 0. The summed E-state index contributed by atoms with van der Waals surface area (Å²) >= 11 is 0. The fraction of sp³-hybridized carbons (Fsp3) is 0.944. The zero-order valence-electron chi connectivity index (χ0n) is 17.0. The van der Waals surface area contributed by atoms with Gasteiger partial charge in [0.2, 0.25) is 6.43 Å². The molecule has 31 heavy (non-hydrogen) atoms. The number of carbonyl (C=O) groups is 1. The van der Waals surface area contributed by atoms with Crippen LogP contribution in [0.3, 0.4) is 0 Å². The van der Waals surface area contributed by atoms with Crippen molar-refractivity contribution in [1.29, 1.82) is 0 Å². The molecule has 1 aliphatic rings. The van der Waals surface area contributed by atoms with Crippen LogP contribution in [0.4, 0.5) is 35.1 Å². The summed E-state index contributed by atoms with van der Waals surface area (Å²) in [4.78, 5) is 13.1. The molecule has 0 radical (unpaired) electrons. The van der Waals surface area contributed by atoms with E-state index in [9.17, 15) is 39.9 Å². The van der Waals surface area contributed by atoms with E-state index in [1.54, 1.807) is 0 Å². The molecule has 1 atom stereocenters. The molecule has 184 valence electrons. The Kier molecular flexibility index (Phi) is 10.9. The quantitative estimate of drug-likeness (QED) is 0.217. The van der Waals surface area contributed by atoms with Crippen molar-refractivity contribution in [2.75, 3.05) is 46.1 Å². The molecule has 0 bridgehead atoms. The first-order valence-electron chi connectivity index (χ1n) is 9.71. The van der Waals surface area contributed by atoms with E-state index < -0.39 is 68.6 Å². The second kappa shape index (κ2) is 12.1. The first-order chi connectivity index (χ1) is 14.2. The van der Waals surface area contributed by atoms with E-state index in [2.05, 4.69) is 0 Å². The summed E-state index contributed by atoms with van der Waals surface area (Å²) in [5, 5.41) is 0. The van der Waals surface area contributed by atoms with Gasteiger partial charge in [-0.3, -0.25) is 9.69 Å². The molecule has 1 unspecified atom stereocenters. The highest BCUT2D eigenvalue weighted by Gasteiger charge is 2.59. The molecule has 1 aliphatic heterocycles. The van der Waals surface area contributed by atoms with E-state index in [0.29, 0.717) is 26.3 Å². The minimum atomic E-state index is -5.16. The molecule has 0 N–H and O–H groups in total. The molecule has 0 aromatic rings. The van der Waals surface area contributed by atoms with Gasteiger partial charge in [0.1, 0.15) is 6.10 Å². The molecular weight excluding hydrogens is 446 g/mol. The largest absolute Gasteiger partial charge is 0.459 e. The van der Waals surface area contributed by atoms with Gasteiger partial charge >= 0.3 is 17.8 Å². The first kappa shape index (κ1) is 27.8. The van der Waals surface area contributed by atoms with Crippen LogP contribution in [-0.4, -0.2) is 87.2 Å². The molecule has 0 aromatic carbocycles. The van der Waals surface area contributed by atoms with Crippen LogP contribution in [-0.2, 0) is 19.0 Å². The standard InChI is InChI=1S/C18H27F8NO4/c1-13(28)31-14(10-27-5-8-29-9-6-27)11-30-7-4-16(21,22)12-18(25,26)17(23,24)3-2-15(19)20/h14-15H,2-12H2,1H3. The van der Waals surface area contributed by atoms with Crippen molar-refractivity contribution in [2.45, 2.75) is 62.9 Å². The lowest BCUT2D eigenvalue weighted by molar-refractivity contribution is -0.245. The number of rotatable bonds is 14. The lowest BCUT2D eigenvalue weighted by Crippen LogP contribution is -2.45. The molecule has 13 heteroatoms. The second-order valence-corrected chi connectivity index (χ2v) is 7.34. The van der Waals surface area contributed by atoms with Crippen LogP contribution >= 0.6 is 0 Å². The van der Waals surface area contributed by atoms with Gasteiger partial charge in [-0.25, -0.2) is 17.6 Å². The first-order valence-corrected chi connectivity index (χ1v) is 9.71. The van der Waals surface area contributed by atoms with Crippen LogP contribution in [0.15, 0.2) is 0 Å². The Balaban J connectivity index is 2.50. The van der Waals surface area contributed by atoms with Crippen molar-refractivity contribution in [1.82, 2.24) is 4.90 Å². The summed E-state index contributed by atoms with van der Waals surface area (Å²) < 4.78 is 121. The smallest absolute Gasteiger partial charge is 0.315 e. The Bertz CT molecular complexity index is 545. The van der Waals surface area contributed by atoms with Crippen LogP contribution in [0.25, 0.3) is 0 Å². The predicted octanol–water partition coefficient (Wildman–Crippen LogP) is 4.00. The van der Waals surface area contributed by atoms with Gasteiger partial charge in [-0.2, -0.15) is 17.6 Å². The van der Waals surface area contributed by atoms with Crippen molar-refractivity contribution in [2.24, 2.45) is 0 Å². The van der Waals surface area contributed by atoms with Crippen LogP contribution in [0.5, 0.6) is 0 Å². The number of alkyl halides is 8. The number of nitrogens with zero attached hydrogens (tertiary/aromatic N) is 1. The van der Waals surface area contributed by atoms with Crippen molar-refractivity contribution in [3.05, 3.63) is 0 Å². The van der Waals surface area contributed by atoms with Gasteiger partial charge in [-0.15, -0.1) is 0 Å². The summed E-state index contributed by atoms with van der Waals surface area (Å²) in [6.45, 7) is 2.40. The van der Waals surface area contributed by atoms with E-state index in [1.165, 1.54) is 0 Å². The second-order valence-electron chi connectivity index (χ2n) is 7.34. The minimum Gasteiger partial charge on any atom is -0.459 e. The van der Waals surface area contributed by atoms with Crippen LogP contribution in [0.1, 0.15) is 32.6 Å². The lowest BCUT2D eigenvalue weighted by Gasteiger charge is -2.30. The number of hydrogen-bond donors (Lipinski definition) is 0. The van der Waals surface area contributed by atoms with Crippen molar-refractivity contribution in [3.63, 3.8) is 0 Å². The third kappa shape index (κ3) is 10.8. The van der Waals surface area contributed by atoms with E-state index in [-0.39, 0.29) is 13.2 Å². The summed E-state index contributed by atoms with van der Waals surface area (Å²) in [6.07, 6.45) is -11.3. The average Bonchev–Trinajstić information content (AvgIpc) is 2.63. The van der Waals surface area contributed by atoms with Crippen LogP contribution in [0, 0.1) is 0 Å². The maximum atomic E-state index is 13.8. The Hall–Kier alpha value is -1.21. The number of hydrogen-bond acceptors (Lipinski definition) is 5. The van der Waals surface area contributed by atoms with E-state index >= 15 is 0 Å². The van der Waals surface area contributed by atoms with Crippen LogP contribution in [0.2, 0.25) is 0 Å². The predicted molar refractivity (Wildman–Crippen MR) is 92.9 cm³/mol. The Morgan fingerprint density at radius 3 is 2.19 bits per heavy atom. The molecule has 0 saturated carbocycles. The third-order valence-electron chi connectivity index (χ3n) is 4.51. The van der Waals surface area contributed by atoms with Crippen molar-refractivity contribution in [3.8, 4) is 0 Å². The van der Waals surface area contributed by atoms with Gasteiger partial charge in [0.15, 0.2) is 0 Å². The highest BCUT2D eigenvalue weighted by Crippen LogP contribution is 2.45. The fourth-order valence-electron chi connectivity index (χ4n) is 2.88. The zero-order chi connectivity index (χ0) is 23.7. The summed E-state index contributed by atoms with van der Waals surface area (Å²) in [5.74, 6) is -15.0. The van der Waals surface area contributed by atoms with Gasteiger partial charge < -0.3 is 14.2 Å². The molecule has 1 rings (SSSR count). The number of ether oxygens (including phenoxy) is 3. The molecule has 1 heterocycles. The number of morpholine rings is 1. The van der Waals surface area contributed by atoms with Crippen LogP contribution < -0.4 is 0 Å². The van der Waals surface area contributed by atoms with Crippen molar-refractivity contribution < 1.29 is 54.1 Å². The highest BCUT2D eigenvalue weighted by molar-refractivity contribution is 5.66. The normalized spacial score (nSPS) is 17.7. The lowest BCUT2D eigenvalue weighted by atomic mass is 9.98. The monoisotopic (exact) mass is 473 g/mol. The maximum Gasteiger partial charge on any atom is 0.315 e. The van der Waals surface area contributed by atoms with Gasteiger partial charge in [0, 0.05) is 45.8 Å². The number of carbonyl (C=O) groups excluding carboxylic acids is 1. The number of esters is 1. The average molecular weight is 473 g/mol. The topological polar surface area (TPSA) is 48.0 Å². The number of halogens is 8. The Morgan fingerprint density at radius 2 is 1.65 bits per heavy atom. The zero-order valence-corrected chi connectivity index (χ0v) is 17.0. The van der Waals surface area contributed by atoms with Gasteiger partial charge in [0.05, 0.1) is 32.8 Å². The molecule has 1 fully saturated rings. The Labute approximate surface area is 175 Å². The van der Waals surface area contributed by atoms with Gasteiger partial charge in [-0.05, 0) is 0 Å². The molecule has 0 aliphatic carbocycles. The van der Waals surface area contributed by atoms with Gasteiger partial charge in [0.25, 0.3) is 5.92 Å². The third-order valence-corrected chi connectivity index (χ3v) is 4.51. The Morgan fingerprint density at radius 1 is 1.03 bits per heavy atom. The molecule has 5 nitrogen and oxygen atoms in total. The van der Waals surface area contributed by atoms with E-state index in [4.69, 9.17) is 14.2 Å². The van der Waals surface area contributed by atoms with E-state index in [0.717, 1.165) is 6.92 Å². The molecule has 0 spiro atoms. The molecular formula is C18H27F8NO4. The fourth-order valence-corrected chi connectivity index (χ4v) is 2.88. The minimum absolute atomic E-state index is 0.244.